The van der Waals surface area contributed by atoms with Gasteiger partial charge in [-0.15, -0.1) is 0 Å². The van der Waals surface area contributed by atoms with E-state index >= 15 is 0 Å². The molecule has 0 saturated heterocycles. The molecule has 0 fully saturated rings. The van der Waals surface area contributed by atoms with Gasteiger partial charge < -0.3 is 19.9 Å². The third-order valence-electron chi connectivity index (χ3n) is 14.9. The van der Waals surface area contributed by atoms with E-state index in [1.165, 1.54) is 0 Å². The van der Waals surface area contributed by atoms with Gasteiger partial charge in [0.1, 0.15) is 45.2 Å². The molecule has 4 aliphatic heterocycles. The number of hydrogen-bond donors (Lipinski definition) is 4. The van der Waals surface area contributed by atoms with Crippen LogP contribution in [0.25, 0.3) is 179 Å². The minimum atomic E-state index is 0. The van der Waals surface area contributed by atoms with E-state index in [2.05, 4.69) is 19.9 Å². The van der Waals surface area contributed by atoms with Gasteiger partial charge >= 0.3 is 0 Å². The van der Waals surface area contributed by atoms with Crippen LogP contribution >= 0.6 is 0 Å². The van der Waals surface area contributed by atoms with E-state index in [1.54, 1.807) is 0 Å². The predicted octanol–water partition coefficient (Wildman–Crippen LogP) is 11.9. The van der Waals surface area contributed by atoms with Crippen molar-refractivity contribution in [2.24, 2.45) is 0 Å². The van der Waals surface area contributed by atoms with E-state index in [0.29, 0.717) is 91.8 Å². The monoisotopic (exact) mass is 1270 g/mol. The van der Waals surface area contributed by atoms with E-state index in [9.17, 15) is 0 Å². The van der Waals surface area contributed by atoms with Gasteiger partial charge in [-0.3, -0.25) is 0 Å². The summed E-state index contributed by atoms with van der Waals surface area (Å²) in [5, 5.41) is 7.64. The van der Waals surface area contributed by atoms with Crippen LogP contribution in [0.5, 0.6) is 0 Å². The van der Waals surface area contributed by atoms with Crippen molar-refractivity contribution < 1.29 is 0 Å². The largest absolute Gasteiger partial charge is 0.324 e. The smallest absolute Gasteiger partial charge is 0.164 e. The molecule has 0 unspecified atom stereocenters. The van der Waals surface area contributed by atoms with Gasteiger partial charge in [0.15, 0.2) is 46.6 Å². The summed E-state index contributed by atoms with van der Waals surface area (Å²) in [6, 6.07) is 64.5. The van der Waals surface area contributed by atoms with Crippen molar-refractivity contribution in [3.63, 3.8) is 0 Å². The zero-order chi connectivity index (χ0) is 52.4. The quantitative estimate of drug-likeness (QED) is 0.104. The molecule has 82 heavy (non-hydrogen) atoms. The Morgan fingerprint density at radius 3 is 0.427 bits per heavy atom. The van der Waals surface area contributed by atoms with Gasteiger partial charge in [0.2, 0.25) is 0 Å². The third-order valence-corrected chi connectivity index (χ3v) is 14.9. The van der Waals surface area contributed by atoms with Crippen LogP contribution in [-0.2, 0) is 0 Å². The molecule has 383 valence electrons. The Bertz CT molecular complexity index is 4400. The Morgan fingerprint density at radius 2 is 0.293 bits per heavy atom. The average molecular weight is 1270 g/mol. The van der Waals surface area contributed by atoms with E-state index in [1.807, 2.05) is 194 Å². The number of nitrogens with zero attached hydrogens (tertiary/aromatic N) is 12. The maximum Gasteiger partial charge on any atom is 0.164 e. The van der Waals surface area contributed by atoms with Crippen LogP contribution in [-0.4, -0.2) is 118 Å². The van der Waals surface area contributed by atoms with E-state index < -0.39 is 0 Å². The molecule has 10 heterocycles. The first-order valence-corrected chi connectivity index (χ1v) is 26.0. The van der Waals surface area contributed by atoms with Crippen LogP contribution in [0.1, 0.15) is 0 Å². The molecule has 16 nitrogen and oxygen atoms in total. The summed E-state index contributed by atoms with van der Waals surface area (Å²) >= 11 is 0. The van der Waals surface area contributed by atoms with Gasteiger partial charge in [0.25, 0.3) is 0 Å². The molecule has 1 radical (unpaired) electrons. The Labute approximate surface area is 488 Å². The first-order chi connectivity index (χ1) is 39.6. The number of fused-ring (bicyclic) bond motifs is 40. The van der Waals surface area contributed by atoms with E-state index in [4.69, 9.17) is 59.8 Å². The van der Waals surface area contributed by atoms with Crippen LogP contribution < -0.4 is 0 Å². The van der Waals surface area contributed by atoms with Gasteiger partial charge in [-0.25, -0.2) is 59.8 Å². The fourth-order valence-electron chi connectivity index (χ4n) is 11.2. The summed E-state index contributed by atoms with van der Waals surface area (Å²) in [6.45, 7) is 0. The SMILES string of the molecule is [SiH4].[Tl].c1ccc2c(c1)-c1nc-2nc2[nH]c(nc3nc(nc4[nH]c(n1)c1ccccc41)-c1ccccc1-3)c1ccccc21.c1ccc2c(c1)-c1nc-2nc2[nH]c(nc3nc(nc4[nH]c(n1)c1ccccc41)-c1ccccc1-3)c1ccccc21. The second kappa shape index (κ2) is 19.2. The normalized spacial score (nSPS) is 11.7. The van der Waals surface area contributed by atoms with Gasteiger partial charge in [0, 0.05) is 115 Å². The Balaban J connectivity index is 0.000000137. The number of aromatic amines is 4. The second-order valence-corrected chi connectivity index (χ2v) is 19.6. The van der Waals surface area contributed by atoms with Crippen molar-refractivity contribution in [3.8, 4) is 91.1 Å². The summed E-state index contributed by atoms with van der Waals surface area (Å²) in [5.41, 5.74) is 12.9. The predicted molar refractivity (Wildman–Crippen MR) is 329 cm³/mol. The van der Waals surface area contributed by atoms with Gasteiger partial charge in [0.05, 0.1) is 0 Å². The molecule has 18 rings (SSSR count). The summed E-state index contributed by atoms with van der Waals surface area (Å²) in [7, 11) is 0. The van der Waals surface area contributed by atoms with Crippen LogP contribution in [0.15, 0.2) is 194 Å². The molecule has 4 aliphatic rings. The van der Waals surface area contributed by atoms with E-state index in [-0.39, 0.29) is 38.3 Å². The minimum Gasteiger partial charge on any atom is -0.324 e. The Kier molecular flexibility index (Phi) is 11.4. The molecule has 0 aliphatic carbocycles. The van der Waals surface area contributed by atoms with Crippen LogP contribution in [0, 0.1) is 0 Å². The maximum atomic E-state index is 5.02. The molecule has 6 aromatic heterocycles. The Hall–Kier alpha value is -10.4. The summed E-state index contributed by atoms with van der Waals surface area (Å²) < 4.78 is 0. The van der Waals surface area contributed by atoms with Crippen molar-refractivity contribution in [2.75, 3.05) is 0 Å². The van der Waals surface area contributed by atoms with Crippen molar-refractivity contribution in [3.05, 3.63) is 194 Å². The zero-order valence-electron chi connectivity index (χ0n) is 42.4. The molecule has 0 spiro atoms. The number of hydrogen-bond acceptors (Lipinski definition) is 12. The third kappa shape index (κ3) is 7.75. The molecule has 0 saturated carbocycles. The minimum absolute atomic E-state index is 0. The molecule has 14 aromatic rings. The molecule has 0 amide bonds. The van der Waals surface area contributed by atoms with Crippen LogP contribution in [0.2, 0.25) is 0 Å². The topological polar surface area (TPSA) is 218 Å². The molecule has 8 aromatic carbocycles. The van der Waals surface area contributed by atoms with Gasteiger partial charge in [-0.05, 0) is 11.0 Å². The van der Waals surface area contributed by atoms with Crippen molar-refractivity contribution in [1.82, 2.24) is 79.7 Å². The first kappa shape index (κ1) is 48.7. The fraction of sp³-hybridized carbons (Fsp3) is 0. The van der Waals surface area contributed by atoms with Crippen LogP contribution in [0.4, 0.5) is 0 Å². The van der Waals surface area contributed by atoms with Crippen LogP contribution in [0.3, 0.4) is 0 Å². The van der Waals surface area contributed by atoms with E-state index in [0.717, 1.165) is 87.6 Å². The summed E-state index contributed by atoms with van der Waals surface area (Å²) in [5.74, 6) is 4.78. The molecule has 18 heteroatoms. The summed E-state index contributed by atoms with van der Waals surface area (Å²) in [6.07, 6.45) is 0. The first-order valence-electron chi connectivity index (χ1n) is 26.0. The number of benzene rings is 8. The second-order valence-electron chi connectivity index (χ2n) is 19.6. The van der Waals surface area contributed by atoms with Gasteiger partial charge in [-0.1, -0.05) is 194 Å². The Morgan fingerprint density at radius 1 is 0.171 bits per heavy atom. The fourth-order valence-corrected chi connectivity index (χ4v) is 11.2. The average Bonchev–Trinajstić information content (AvgIpc) is 4.59. The van der Waals surface area contributed by atoms with Crippen molar-refractivity contribution in [1.29, 1.82) is 0 Å². The number of rotatable bonds is 0. The number of nitrogens with one attached hydrogen (secondary N) is 4. The molecular formula is C64H40N16SiTl. The van der Waals surface area contributed by atoms with Gasteiger partial charge in [-0.2, -0.15) is 0 Å². The zero-order valence-corrected chi connectivity index (χ0v) is 46.9. The standard InChI is InChI=1S/2C32H18N8.H4Si.Tl/c2*1-2-10-18-17(9-1)25-33-26(18)38-28-21-13-5-6-14-22(21)30(35-28)40-32-24-16-8-7-15-23(24)31(36-32)39-29-20-12-4-3-11-19(20)27(34-29)37-25;;/h2*1-16H,(H2,33,34,35,36,37,38,39,40);1H4;. The molecule has 4 N–H and O–H groups in total. The van der Waals surface area contributed by atoms with Crippen molar-refractivity contribution >= 4 is 127 Å². The molecule has 16 bridgehead atoms. The number of aromatic nitrogens is 16. The molecular weight excluding hydrogens is 1230 g/mol. The molecule has 0 atom stereocenters. The number of H-pyrrole nitrogens is 4. The summed E-state index contributed by atoms with van der Waals surface area (Å²) in [4.78, 5) is 73.5. The van der Waals surface area contributed by atoms with Crippen molar-refractivity contribution in [2.45, 2.75) is 0 Å². The maximum absolute atomic E-state index is 5.02.